The summed E-state index contributed by atoms with van der Waals surface area (Å²) in [6.45, 7) is 5.06. The normalized spacial score (nSPS) is 28.6. The molecule has 2 saturated heterocycles. The van der Waals surface area contributed by atoms with E-state index in [4.69, 9.17) is 0 Å². The van der Waals surface area contributed by atoms with Crippen molar-refractivity contribution >= 4 is 0 Å². The van der Waals surface area contributed by atoms with Crippen molar-refractivity contribution in [1.82, 2.24) is 0 Å². The van der Waals surface area contributed by atoms with Gasteiger partial charge in [0.25, 0.3) is 0 Å². The molecule has 0 radical (unpaired) electrons. The average Bonchev–Trinajstić information content (AvgIpc) is 3.34. The van der Waals surface area contributed by atoms with Gasteiger partial charge in [-0.3, -0.25) is 0 Å². The fourth-order valence-corrected chi connectivity index (χ4v) is 7.16. The van der Waals surface area contributed by atoms with Crippen LogP contribution in [0, 0.1) is 22.7 Å². The number of rotatable bonds is 5. The van der Waals surface area contributed by atoms with Gasteiger partial charge < -0.3 is 21.5 Å². The van der Waals surface area contributed by atoms with E-state index in [1.54, 1.807) is 0 Å². The molecule has 2 aliphatic heterocycles. The van der Waals surface area contributed by atoms with Crippen molar-refractivity contribution in [3.63, 3.8) is 0 Å². The van der Waals surface area contributed by atoms with E-state index in [-0.39, 0.29) is 22.4 Å². The Labute approximate surface area is 192 Å². The molecule has 3 fully saturated rings. The monoisotopic (exact) mass is 464 g/mol. The summed E-state index contributed by atoms with van der Waals surface area (Å²) in [7, 11) is 0. The van der Waals surface area contributed by atoms with Crippen LogP contribution in [0.5, 0.6) is 0 Å². The van der Waals surface area contributed by atoms with Gasteiger partial charge in [0.15, 0.2) is 0 Å². The molecule has 0 N–H and O–H groups in total. The molecule has 2 heterocycles. The predicted octanol–water partition coefficient (Wildman–Crippen LogP) is 2.69. The molecule has 158 valence electrons. The fraction of sp³-hybridized carbons (Fsp3) is 0.519. The summed E-state index contributed by atoms with van der Waals surface area (Å²) in [5.74, 6) is 0.905. The first-order valence-corrected chi connectivity index (χ1v) is 11.6. The maximum Gasteiger partial charge on any atom is 0.118 e. The molecule has 1 aliphatic carbocycles. The van der Waals surface area contributed by atoms with Crippen LogP contribution in [-0.2, 0) is 5.41 Å². The largest absolute Gasteiger partial charge is 1.00 e. The molecule has 0 atom stereocenters. The van der Waals surface area contributed by atoms with Crippen molar-refractivity contribution in [3.05, 3.63) is 71.8 Å². The van der Waals surface area contributed by atoms with Crippen LogP contribution in [0.2, 0.25) is 0 Å². The van der Waals surface area contributed by atoms with Crippen LogP contribution in [0.3, 0.4) is 0 Å². The van der Waals surface area contributed by atoms with E-state index in [9.17, 15) is 5.26 Å². The molecule has 0 aromatic heterocycles. The zero-order valence-corrected chi connectivity index (χ0v) is 19.5. The van der Waals surface area contributed by atoms with Gasteiger partial charge in [-0.15, -0.1) is 0 Å². The smallest absolute Gasteiger partial charge is 0.118 e. The van der Waals surface area contributed by atoms with E-state index >= 15 is 0 Å². The number of hydrogen-bond acceptors (Lipinski definition) is 1. The molecule has 2 aromatic rings. The number of halogens is 1. The summed E-state index contributed by atoms with van der Waals surface area (Å²) in [5.41, 5.74) is 1.89. The molecule has 0 unspecified atom stereocenters. The lowest BCUT2D eigenvalue weighted by Gasteiger charge is -2.41. The maximum atomic E-state index is 10.8. The number of fused-ring (bicyclic) bond motifs is 2. The molecule has 2 bridgehead atoms. The van der Waals surface area contributed by atoms with Crippen LogP contribution in [0.25, 0.3) is 0 Å². The van der Waals surface area contributed by atoms with Gasteiger partial charge >= 0.3 is 0 Å². The number of benzene rings is 2. The van der Waals surface area contributed by atoms with Gasteiger partial charge in [0.2, 0.25) is 0 Å². The number of piperidine rings is 1. The Balaban J connectivity index is 0.00000218. The van der Waals surface area contributed by atoms with Crippen molar-refractivity contribution < 1.29 is 21.5 Å². The third-order valence-corrected chi connectivity index (χ3v) is 8.51. The van der Waals surface area contributed by atoms with Crippen LogP contribution in [0.15, 0.2) is 60.7 Å². The zero-order chi connectivity index (χ0) is 19.8. The summed E-state index contributed by atoms with van der Waals surface area (Å²) in [4.78, 5) is 0. The summed E-state index contributed by atoms with van der Waals surface area (Å²) < 4.78 is 1.27. The Bertz CT molecular complexity index is 833. The minimum absolute atomic E-state index is 0. The van der Waals surface area contributed by atoms with Gasteiger partial charge in [0.05, 0.1) is 37.7 Å². The lowest BCUT2D eigenvalue weighted by atomic mass is 9.56. The van der Waals surface area contributed by atoms with Gasteiger partial charge in [-0.2, -0.15) is 5.26 Å². The minimum atomic E-state index is -0.543. The molecular weight excluding hydrogens is 432 g/mol. The Morgan fingerprint density at radius 2 is 1.40 bits per heavy atom. The second-order valence-electron chi connectivity index (χ2n) is 10.0. The zero-order valence-electron chi connectivity index (χ0n) is 17.9. The highest BCUT2D eigenvalue weighted by molar-refractivity contribution is 5.49. The van der Waals surface area contributed by atoms with Gasteiger partial charge in [0.1, 0.15) is 5.41 Å². The number of nitrogens with zero attached hydrogens (tertiary/aromatic N) is 2. The second-order valence-corrected chi connectivity index (χ2v) is 10.0. The first kappa shape index (κ1) is 21.6. The molecule has 0 amide bonds. The van der Waals surface area contributed by atoms with Gasteiger partial charge in [-0.25, -0.2) is 0 Å². The maximum absolute atomic E-state index is 10.8. The van der Waals surface area contributed by atoms with Crippen molar-refractivity contribution in [2.24, 2.45) is 11.3 Å². The van der Waals surface area contributed by atoms with E-state index in [1.807, 2.05) is 0 Å². The van der Waals surface area contributed by atoms with Gasteiger partial charge in [0, 0.05) is 18.8 Å². The van der Waals surface area contributed by atoms with Crippen LogP contribution in [0.1, 0.15) is 56.1 Å². The molecule has 5 rings (SSSR count). The molecule has 2 nitrogen and oxygen atoms in total. The lowest BCUT2D eigenvalue weighted by molar-refractivity contribution is -0.913. The molecule has 1 saturated carbocycles. The summed E-state index contributed by atoms with van der Waals surface area (Å²) >= 11 is 0. The topological polar surface area (TPSA) is 23.8 Å². The first-order chi connectivity index (χ1) is 14.2. The average molecular weight is 465 g/mol. The SMILES string of the molecule is N#CC(c1ccccc1)(c1ccccc1)C12CC[N+](CC3CCCCC3)(CC1)C2.[Br-]. The Hall–Kier alpha value is -1.63. The third-order valence-electron chi connectivity index (χ3n) is 8.51. The summed E-state index contributed by atoms with van der Waals surface area (Å²) in [5, 5.41) is 10.8. The lowest BCUT2D eigenvalue weighted by Crippen LogP contribution is -3.00. The molecule has 30 heavy (non-hydrogen) atoms. The van der Waals surface area contributed by atoms with Crippen LogP contribution in [0.4, 0.5) is 0 Å². The highest BCUT2D eigenvalue weighted by atomic mass is 79.9. The third kappa shape index (κ3) is 3.33. The van der Waals surface area contributed by atoms with Gasteiger partial charge in [-0.05, 0) is 24.0 Å². The minimum Gasteiger partial charge on any atom is -1.00 e. The standard InChI is InChI=1S/C27H33N2.BrH/c28-21-27(24-12-6-2-7-13-24,25-14-8-3-9-15-25)26-16-18-29(22-26,19-17-26)20-23-10-4-1-5-11-23;/h2-3,6-9,12-15,23H,1,4-5,10-11,16-20,22H2;1H/q+1;/p-1. The van der Waals surface area contributed by atoms with Crippen LogP contribution < -0.4 is 17.0 Å². The quantitative estimate of drug-likeness (QED) is 0.623. The molecule has 2 aromatic carbocycles. The second kappa shape index (κ2) is 8.48. The van der Waals surface area contributed by atoms with E-state index in [0.29, 0.717) is 0 Å². The number of nitriles is 1. The number of hydrogen-bond donors (Lipinski definition) is 0. The van der Waals surface area contributed by atoms with Crippen LogP contribution in [-0.4, -0.2) is 30.7 Å². The van der Waals surface area contributed by atoms with E-state index in [0.717, 1.165) is 5.92 Å². The van der Waals surface area contributed by atoms with Gasteiger partial charge in [-0.1, -0.05) is 79.9 Å². The summed E-state index contributed by atoms with van der Waals surface area (Å²) in [6, 6.07) is 24.3. The molecule has 0 spiro atoms. The Morgan fingerprint density at radius 1 is 0.867 bits per heavy atom. The first-order valence-electron chi connectivity index (χ1n) is 11.6. The predicted molar refractivity (Wildman–Crippen MR) is 117 cm³/mol. The molecule has 3 aliphatic rings. The molecule has 3 heteroatoms. The fourth-order valence-electron chi connectivity index (χ4n) is 7.16. The van der Waals surface area contributed by atoms with E-state index in [1.165, 1.54) is 86.7 Å². The van der Waals surface area contributed by atoms with Crippen molar-refractivity contribution in [2.75, 3.05) is 26.2 Å². The van der Waals surface area contributed by atoms with E-state index < -0.39 is 5.41 Å². The Morgan fingerprint density at radius 3 is 1.90 bits per heavy atom. The van der Waals surface area contributed by atoms with Crippen molar-refractivity contribution in [2.45, 2.75) is 50.4 Å². The van der Waals surface area contributed by atoms with Crippen molar-refractivity contribution in [1.29, 1.82) is 5.26 Å². The van der Waals surface area contributed by atoms with E-state index in [2.05, 4.69) is 66.7 Å². The Kier molecular flexibility index (Phi) is 6.11. The van der Waals surface area contributed by atoms with Crippen molar-refractivity contribution in [3.8, 4) is 6.07 Å². The summed E-state index contributed by atoms with van der Waals surface area (Å²) in [6.07, 6.45) is 9.48. The van der Waals surface area contributed by atoms with Crippen LogP contribution >= 0.6 is 0 Å². The molecular formula is C27H33BrN2. The number of quaternary nitrogens is 1. The highest BCUT2D eigenvalue weighted by Crippen LogP contribution is 2.59. The highest BCUT2D eigenvalue weighted by Gasteiger charge is 2.66.